The molecule has 9 heteroatoms. The molecule has 3 heterocycles. The van der Waals surface area contributed by atoms with E-state index in [1.54, 1.807) is 12.3 Å². The summed E-state index contributed by atoms with van der Waals surface area (Å²) in [7, 11) is 0. The molecule has 1 aliphatic heterocycles. The predicted octanol–water partition coefficient (Wildman–Crippen LogP) is 0.723. The van der Waals surface area contributed by atoms with Crippen molar-refractivity contribution in [3.8, 4) is 0 Å². The molecule has 1 aromatic carbocycles. The molecule has 0 spiro atoms. The number of nitrogens with one attached hydrogen (secondary N) is 4. The highest BCUT2D eigenvalue weighted by atomic mass is 16.5. The third-order valence-electron chi connectivity index (χ3n) is 3.97. The molecule has 2 atom stereocenters. The van der Waals surface area contributed by atoms with Crippen molar-refractivity contribution in [1.29, 1.82) is 0 Å². The number of ether oxygens (including phenoxy) is 1. The average Bonchev–Trinajstić information content (AvgIpc) is 2.97. The molecule has 2 aromatic heterocycles. The van der Waals surface area contributed by atoms with Crippen LogP contribution in [0.2, 0.25) is 0 Å². The summed E-state index contributed by atoms with van der Waals surface area (Å²) >= 11 is 0. The zero-order valence-corrected chi connectivity index (χ0v) is 12.8. The number of aromatic nitrogens is 5. The molecule has 0 radical (unpaired) electrons. The van der Waals surface area contributed by atoms with Crippen LogP contribution in [0.4, 0.5) is 11.6 Å². The molecule has 4 N–H and O–H groups in total. The van der Waals surface area contributed by atoms with Gasteiger partial charge in [0.2, 0.25) is 5.95 Å². The molecule has 0 amide bonds. The van der Waals surface area contributed by atoms with Gasteiger partial charge in [0.1, 0.15) is 0 Å². The van der Waals surface area contributed by atoms with E-state index in [4.69, 9.17) is 4.74 Å². The molecular formula is C15H17N7O2. The molecule has 9 nitrogen and oxygen atoms in total. The van der Waals surface area contributed by atoms with Crippen molar-refractivity contribution >= 4 is 22.5 Å². The largest absolute Gasteiger partial charge is 0.380 e. The molecule has 24 heavy (non-hydrogen) atoms. The number of benzene rings is 1. The van der Waals surface area contributed by atoms with Crippen molar-refractivity contribution in [3.63, 3.8) is 0 Å². The van der Waals surface area contributed by atoms with Crippen LogP contribution in [-0.4, -0.2) is 50.7 Å². The minimum Gasteiger partial charge on any atom is -0.380 e. The van der Waals surface area contributed by atoms with Gasteiger partial charge in [0.25, 0.3) is 5.56 Å². The number of hydrogen-bond donors (Lipinski definition) is 4. The zero-order valence-electron chi connectivity index (χ0n) is 12.8. The monoisotopic (exact) mass is 327 g/mol. The number of aromatic amines is 2. The molecule has 1 aliphatic rings. The maximum atomic E-state index is 11.5. The first-order valence-electron chi connectivity index (χ1n) is 7.73. The van der Waals surface area contributed by atoms with Gasteiger partial charge in [-0.15, -0.1) is 5.10 Å². The van der Waals surface area contributed by atoms with Gasteiger partial charge in [0.15, 0.2) is 0 Å². The summed E-state index contributed by atoms with van der Waals surface area (Å²) in [6.07, 6.45) is 4.00. The van der Waals surface area contributed by atoms with Crippen LogP contribution in [0.1, 0.15) is 6.42 Å². The molecular weight excluding hydrogens is 310 g/mol. The zero-order chi connectivity index (χ0) is 16.4. The van der Waals surface area contributed by atoms with Gasteiger partial charge in [-0.2, -0.15) is 5.10 Å². The summed E-state index contributed by atoms with van der Waals surface area (Å²) in [4.78, 5) is 15.7. The van der Waals surface area contributed by atoms with Crippen LogP contribution >= 0.6 is 0 Å². The van der Waals surface area contributed by atoms with Crippen molar-refractivity contribution in [1.82, 2.24) is 25.4 Å². The van der Waals surface area contributed by atoms with E-state index in [0.29, 0.717) is 24.5 Å². The third-order valence-corrected chi connectivity index (χ3v) is 3.97. The fourth-order valence-electron chi connectivity index (χ4n) is 2.89. The Kier molecular flexibility index (Phi) is 3.83. The molecule has 4 rings (SSSR count). The molecule has 1 fully saturated rings. The summed E-state index contributed by atoms with van der Waals surface area (Å²) in [5.74, 6) is 0.498. The Labute approximate surface area is 136 Å². The van der Waals surface area contributed by atoms with Gasteiger partial charge in [-0.1, -0.05) is 0 Å². The number of anilines is 2. The van der Waals surface area contributed by atoms with Crippen LogP contribution in [0.5, 0.6) is 0 Å². The van der Waals surface area contributed by atoms with Gasteiger partial charge in [0, 0.05) is 5.69 Å². The van der Waals surface area contributed by atoms with Gasteiger partial charge in [0.05, 0.1) is 48.6 Å². The summed E-state index contributed by atoms with van der Waals surface area (Å²) < 4.78 is 5.67. The average molecular weight is 327 g/mol. The standard InChI is InChI=1S/C15H17N7O2/c23-14-12-2-1-9(6-13(12)20-21-14)18-10-5-11(8-24-7-10)19-15-16-3-4-17-22-15/h1-4,6,10-11,18H,5,7-8H2,(H,16,19,22)(H2,20,21,23). The van der Waals surface area contributed by atoms with Crippen LogP contribution in [-0.2, 0) is 4.74 Å². The highest BCUT2D eigenvalue weighted by Crippen LogP contribution is 2.19. The SMILES string of the molecule is O=c1[nH][nH]c2cc(NC3COCC(Nc4nccnn4)C3)ccc12. The summed E-state index contributed by atoms with van der Waals surface area (Å²) in [6.45, 7) is 1.22. The van der Waals surface area contributed by atoms with E-state index in [-0.39, 0.29) is 17.6 Å². The molecule has 1 saturated heterocycles. The van der Waals surface area contributed by atoms with Gasteiger partial charge < -0.3 is 15.4 Å². The van der Waals surface area contributed by atoms with E-state index in [1.165, 1.54) is 6.20 Å². The quantitative estimate of drug-likeness (QED) is 0.557. The molecule has 3 aromatic rings. The summed E-state index contributed by atoms with van der Waals surface area (Å²) in [5, 5.41) is 20.5. The molecule has 2 unspecified atom stereocenters. The Morgan fingerprint density at radius 1 is 1.12 bits per heavy atom. The summed E-state index contributed by atoms with van der Waals surface area (Å²) in [6, 6.07) is 5.86. The van der Waals surface area contributed by atoms with Crippen molar-refractivity contribution < 1.29 is 4.74 Å². The fraction of sp³-hybridized carbons (Fsp3) is 0.333. The van der Waals surface area contributed by atoms with Crippen molar-refractivity contribution in [2.24, 2.45) is 0 Å². The molecule has 0 aliphatic carbocycles. The minimum atomic E-state index is -0.113. The second-order valence-corrected chi connectivity index (χ2v) is 5.76. The van der Waals surface area contributed by atoms with Crippen LogP contribution < -0.4 is 16.2 Å². The van der Waals surface area contributed by atoms with Crippen LogP contribution in [0.15, 0.2) is 35.4 Å². The van der Waals surface area contributed by atoms with E-state index in [0.717, 1.165) is 17.6 Å². The van der Waals surface area contributed by atoms with Gasteiger partial charge in [-0.05, 0) is 24.6 Å². The second-order valence-electron chi connectivity index (χ2n) is 5.76. The van der Waals surface area contributed by atoms with E-state index < -0.39 is 0 Å². The summed E-state index contributed by atoms with van der Waals surface area (Å²) in [5.41, 5.74) is 1.60. The Balaban J connectivity index is 1.42. The lowest BCUT2D eigenvalue weighted by molar-refractivity contribution is 0.0783. The lowest BCUT2D eigenvalue weighted by atomic mass is 10.1. The Bertz CT molecular complexity index is 876. The lowest BCUT2D eigenvalue weighted by Gasteiger charge is -2.30. The first-order valence-corrected chi connectivity index (χ1v) is 7.73. The molecule has 124 valence electrons. The number of rotatable bonds is 4. The molecule has 0 bridgehead atoms. The first-order chi connectivity index (χ1) is 11.8. The first kappa shape index (κ1) is 14.6. The second kappa shape index (κ2) is 6.28. The maximum absolute atomic E-state index is 11.5. The number of nitrogens with zero attached hydrogens (tertiary/aromatic N) is 3. The van der Waals surface area contributed by atoms with E-state index in [9.17, 15) is 4.79 Å². The van der Waals surface area contributed by atoms with Crippen molar-refractivity contribution in [3.05, 3.63) is 40.9 Å². The minimum absolute atomic E-state index is 0.108. The lowest BCUT2D eigenvalue weighted by Crippen LogP contribution is -2.41. The Morgan fingerprint density at radius 2 is 2.00 bits per heavy atom. The van der Waals surface area contributed by atoms with Gasteiger partial charge in [-0.3, -0.25) is 15.0 Å². The topological polar surface area (TPSA) is 121 Å². The van der Waals surface area contributed by atoms with Gasteiger partial charge in [-0.25, -0.2) is 4.98 Å². The van der Waals surface area contributed by atoms with Crippen LogP contribution in [0.3, 0.4) is 0 Å². The van der Waals surface area contributed by atoms with Gasteiger partial charge >= 0.3 is 0 Å². The van der Waals surface area contributed by atoms with E-state index in [2.05, 4.69) is 36.0 Å². The molecule has 0 saturated carbocycles. The highest BCUT2D eigenvalue weighted by Gasteiger charge is 2.23. The number of fused-ring (bicyclic) bond motifs is 1. The fourth-order valence-corrected chi connectivity index (χ4v) is 2.89. The smallest absolute Gasteiger partial charge is 0.271 e. The Morgan fingerprint density at radius 3 is 2.83 bits per heavy atom. The maximum Gasteiger partial charge on any atom is 0.271 e. The van der Waals surface area contributed by atoms with Crippen LogP contribution in [0.25, 0.3) is 10.9 Å². The Hall–Kier alpha value is -2.94. The van der Waals surface area contributed by atoms with E-state index in [1.807, 2.05) is 12.1 Å². The number of hydrogen-bond acceptors (Lipinski definition) is 7. The third kappa shape index (κ3) is 3.06. The van der Waals surface area contributed by atoms with E-state index >= 15 is 0 Å². The normalized spacial score (nSPS) is 20.8. The number of H-pyrrole nitrogens is 2. The highest BCUT2D eigenvalue weighted by molar-refractivity contribution is 5.81. The van der Waals surface area contributed by atoms with Crippen molar-refractivity contribution in [2.75, 3.05) is 23.8 Å². The van der Waals surface area contributed by atoms with Crippen molar-refractivity contribution in [2.45, 2.75) is 18.5 Å². The van der Waals surface area contributed by atoms with Crippen LogP contribution in [0, 0.1) is 0 Å². The predicted molar refractivity (Wildman–Crippen MR) is 89.0 cm³/mol.